The van der Waals surface area contributed by atoms with Gasteiger partial charge in [-0.25, -0.2) is 4.79 Å². The second-order valence-electron chi connectivity index (χ2n) is 9.34. The monoisotopic (exact) mass is 508 g/mol. The highest BCUT2D eigenvalue weighted by atomic mass is 16.4. The van der Waals surface area contributed by atoms with Crippen LogP contribution in [0.15, 0.2) is 36.4 Å². The minimum atomic E-state index is -0.892. The summed E-state index contributed by atoms with van der Waals surface area (Å²) in [5.41, 5.74) is 2.67. The predicted molar refractivity (Wildman–Crippen MR) is 137 cm³/mol. The van der Waals surface area contributed by atoms with Gasteiger partial charge in [0.05, 0.1) is 5.56 Å². The molecule has 1 aromatic heterocycles. The molecule has 1 aliphatic rings. The Morgan fingerprint density at radius 2 is 1.68 bits per heavy atom. The summed E-state index contributed by atoms with van der Waals surface area (Å²) in [4.78, 5) is 27.6. The summed E-state index contributed by atoms with van der Waals surface area (Å²) in [5, 5.41) is 41.2. The van der Waals surface area contributed by atoms with Crippen molar-refractivity contribution in [1.82, 2.24) is 29.9 Å². The van der Waals surface area contributed by atoms with Gasteiger partial charge in [0.2, 0.25) is 5.82 Å². The molecule has 2 heterocycles. The van der Waals surface area contributed by atoms with Gasteiger partial charge in [-0.1, -0.05) is 26.0 Å². The van der Waals surface area contributed by atoms with E-state index in [9.17, 15) is 19.8 Å². The fraction of sp³-hybridized carbons (Fsp3) is 0.385. The third-order valence-electron chi connectivity index (χ3n) is 6.45. The number of phenols is 2. The van der Waals surface area contributed by atoms with Crippen LogP contribution in [0, 0.1) is 0 Å². The molecule has 4 N–H and O–H groups in total. The molecule has 11 heteroatoms. The molecular weight excluding hydrogens is 476 g/mol. The first-order valence-corrected chi connectivity index (χ1v) is 12.3. The third kappa shape index (κ3) is 5.51. The van der Waals surface area contributed by atoms with Crippen molar-refractivity contribution in [2.75, 3.05) is 32.7 Å². The van der Waals surface area contributed by atoms with Crippen LogP contribution in [0.2, 0.25) is 0 Å². The zero-order valence-electron chi connectivity index (χ0n) is 21.2. The van der Waals surface area contributed by atoms with Crippen molar-refractivity contribution in [3.63, 3.8) is 0 Å². The Bertz CT molecular complexity index is 1280. The molecule has 2 aromatic carbocycles. The lowest BCUT2D eigenvalue weighted by atomic mass is 9.98. The van der Waals surface area contributed by atoms with Crippen molar-refractivity contribution < 1.29 is 24.9 Å². The summed E-state index contributed by atoms with van der Waals surface area (Å²) in [5.74, 6) is -0.236. The Hall–Kier alpha value is -4.12. The molecule has 1 aliphatic heterocycles. The number of rotatable bonds is 7. The van der Waals surface area contributed by atoms with Gasteiger partial charge in [-0.05, 0) is 42.2 Å². The van der Waals surface area contributed by atoms with Gasteiger partial charge in [-0.3, -0.25) is 14.3 Å². The number of nitrogens with one attached hydrogen (secondary N) is 1. The molecular formula is C26H32N6O5. The number of aromatic nitrogens is 3. The fourth-order valence-corrected chi connectivity index (χ4v) is 4.43. The number of carbonyl (C=O) groups excluding carboxylic acids is 1. The molecule has 196 valence electrons. The first kappa shape index (κ1) is 26.0. The predicted octanol–water partition coefficient (Wildman–Crippen LogP) is 3.01. The van der Waals surface area contributed by atoms with E-state index in [1.807, 2.05) is 45.0 Å². The first-order chi connectivity index (χ1) is 17.7. The number of carbonyl (C=O) groups is 2. The molecule has 0 saturated carbocycles. The molecule has 0 unspecified atom stereocenters. The molecule has 1 saturated heterocycles. The van der Waals surface area contributed by atoms with Gasteiger partial charge in [0, 0.05) is 51.0 Å². The van der Waals surface area contributed by atoms with Crippen LogP contribution in [0.3, 0.4) is 0 Å². The van der Waals surface area contributed by atoms with Gasteiger partial charge >= 0.3 is 6.09 Å². The maximum atomic E-state index is 12.8. The third-order valence-corrected chi connectivity index (χ3v) is 6.45. The number of benzene rings is 2. The zero-order valence-corrected chi connectivity index (χ0v) is 21.2. The van der Waals surface area contributed by atoms with E-state index in [0.29, 0.717) is 56.1 Å². The minimum absolute atomic E-state index is 0.00442. The normalized spacial score (nSPS) is 14.2. The van der Waals surface area contributed by atoms with Gasteiger partial charge < -0.3 is 25.5 Å². The Morgan fingerprint density at radius 3 is 2.27 bits per heavy atom. The van der Waals surface area contributed by atoms with E-state index in [1.165, 1.54) is 11.0 Å². The van der Waals surface area contributed by atoms with E-state index in [1.54, 1.807) is 10.6 Å². The molecule has 11 nitrogen and oxygen atoms in total. The second-order valence-corrected chi connectivity index (χ2v) is 9.34. The quantitative estimate of drug-likeness (QED) is 0.381. The highest BCUT2D eigenvalue weighted by molar-refractivity contribution is 5.92. The first-order valence-electron chi connectivity index (χ1n) is 12.3. The number of amides is 2. The van der Waals surface area contributed by atoms with Crippen molar-refractivity contribution in [1.29, 1.82) is 0 Å². The van der Waals surface area contributed by atoms with E-state index < -0.39 is 12.0 Å². The maximum Gasteiger partial charge on any atom is 0.407 e. The van der Waals surface area contributed by atoms with Crippen molar-refractivity contribution >= 4 is 12.0 Å². The van der Waals surface area contributed by atoms with Crippen LogP contribution in [0.4, 0.5) is 4.79 Å². The van der Waals surface area contributed by atoms with E-state index in [-0.39, 0.29) is 29.1 Å². The highest BCUT2D eigenvalue weighted by Crippen LogP contribution is 2.38. The fourth-order valence-electron chi connectivity index (χ4n) is 4.43. The van der Waals surface area contributed by atoms with Gasteiger partial charge in [0.25, 0.3) is 5.91 Å². The lowest BCUT2D eigenvalue weighted by Gasteiger charge is -2.33. The van der Waals surface area contributed by atoms with Crippen LogP contribution < -0.4 is 5.32 Å². The summed E-state index contributed by atoms with van der Waals surface area (Å²) in [6.07, 6.45) is -0.892. The van der Waals surface area contributed by atoms with Gasteiger partial charge in [0.1, 0.15) is 11.5 Å². The maximum absolute atomic E-state index is 12.8. The lowest BCUT2D eigenvalue weighted by molar-refractivity contribution is 0.0943. The van der Waals surface area contributed by atoms with Gasteiger partial charge in [-0.2, -0.15) is 0 Å². The molecule has 0 radical (unpaired) electrons. The number of carboxylic acid groups (broad SMARTS) is 1. The Morgan fingerprint density at radius 1 is 1.00 bits per heavy atom. The van der Waals surface area contributed by atoms with Crippen molar-refractivity contribution in [3.05, 3.63) is 53.3 Å². The smallest absolute Gasteiger partial charge is 0.407 e. The summed E-state index contributed by atoms with van der Waals surface area (Å²) < 4.78 is 1.59. The van der Waals surface area contributed by atoms with Crippen molar-refractivity contribution in [3.8, 4) is 28.6 Å². The summed E-state index contributed by atoms with van der Waals surface area (Å²) in [6.45, 7) is 9.02. The van der Waals surface area contributed by atoms with Crippen LogP contribution in [0.25, 0.3) is 17.1 Å². The molecule has 3 aromatic rings. The summed E-state index contributed by atoms with van der Waals surface area (Å²) in [6, 6.07) is 10.6. The van der Waals surface area contributed by atoms with Crippen LogP contribution in [0.5, 0.6) is 11.5 Å². The van der Waals surface area contributed by atoms with Crippen molar-refractivity contribution in [2.24, 2.45) is 0 Å². The van der Waals surface area contributed by atoms with Crippen LogP contribution in [0.1, 0.15) is 48.4 Å². The van der Waals surface area contributed by atoms with E-state index in [4.69, 9.17) is 5.11 Å². The molecule has 1 fully saturated rings. The molecule has 0 atom stereocenters. The SMILES string of the molecule is CCNC(=O)c1nnc(-c2cc(C(C)C)c(O)cc2O)n1-c1ccc(CN2CCN(C(=O)O)CC2)cc1. The number of hydrogen-bond donors (Lipinski definition) is 4. The van der Waals surface area contributed by atoms with Gasteiger partial charge in [0.15, 0.2) is 5.82 Å². The Kier molecular flexibility index (Phi) is 7.63. The lowest BCUT2D eigenvalue weighted by Crippen LogP contribution is -2.47. The average Bonchev–Trinajstić information content (AvgIpc) is 3.30. The van der Waals surface area contributed by atoms with Crippen molar-refractivity contribution in [2.45, 2.75) is 33.2 Å². The number of aromatic hydroxyl groups is 2. The summed E-state index contributed by atoms with van der Waals surface area (Å²) >= 11 is 0. The molecule has 0 spiro atoms. The van der Waals surface area contributed by atoms with Crippen LogP contribution in [-0.4, -0.2) is 84.6 Å². The number of piperazine rings is 1. The Labute approximate surface area is 215 Å². The standard InChI is InChI=1S/C26H32N6O5/c1-4-27-25(35)24-29-28-23(20-13-19(16(2)3)21(33)14-22(20)34)32(24)18-7-5-17(6-8-18)15-30-9-11-31(12-10-30)26(36)37/h5-8,13-14,16,33-34H,4,9-12,15H2,1-3H3,(H,27,35)(H,36,37). The zero-order chi connectivity index (χ0) is 26.7. The average molecular weight is 509 g/mol. The van der Waals surface area contributed by atoms with Crippen LogP contribution >= 0.6 is 0 Å². The number of phenolic OH excluding ortho intramolecular Hbond substituents is 2. The molecule has 37 heavy (non-hydrogen) atoms. The molecule has 0 bridgehead atoms. The van der Waals surface area contributed by atoms with E-state index in [2.05, 4.69) is 20.4 Å². The topological polar surface area (TPSA) is 144 Å². The second kappa shape index (κ2) is 10.9. The van der Waals surface area contributed by atoms with E-state index >= 15 is 0 Å². The highest BCUT2D eigenvalue weighted by Gasteiger charge is 2.25. The Balaban J connectivity index is 1.67. The largest absolute Gasteiger partial charge is 0.508 e. The van der Waals surface area contributed by atoms with E-state index in [0.717, 1.165) is 5.56 Å². The minimum Gasteiger partial charge on any atom is -0.508 e. The van der Waals surface area contributed by atoms with Gasteiger partial charge in [-0.15, -0.1) is 10.2 Å². The van der Waals surface area contributed by atoms with Crippen LogP contribution in [-0.2, 0) is 6.54 Å². The molecule has 4 rings (SSSR count). The number of nitrogens with zero attached hydrogens (tertiary/aromatic N) is 5. The molecule has 0 aliphatic carbocycles. The summed E-state index contributed by atoms with van der Waals surface area (Å²) in [7, 11) is 0. The molecule has 2 amide bonds. The number of hydrogen-bond acceptors (Lipinski definition) is 7.